The van der Waals surface area contributed by atoms with E-state index in [1.54, 1.807) is 55.4 Å². The molecule has 0 bridgehead atoms. The van der Waals surface area contributed by atoms with E-state index in [-0.39, 0.29) is 120 Å². The Bertz CT molecular complexity index is 2820. The number of nitrogens with two attached hydrogens (primary N) is 11. The molecule has 0 aliphatic carbocycles. The van der Waals surface area contributed by atoms with Crippen molar-refractivity contribution in [2.24, 2.45) is 113 Å². The number of hydrogen-bond donors (Lipinski definition) is 22. The summed E-state index contributed by atoms with van der Waals surface area (Å²) in [6.45, 7) is 20.6. The van der Waals surface area contributed by atoms with Gasteiger partial charge in [0.25, 0.3) is 0 Å². The van der Waals surface area contributed by atoms with Gasteiger partial charge in [0.2, 0.25) is 70.9 Å². The number of unbranched alkanes of at least 4 members (excludes halogenated alkanes) is 1. The maximum absolute atomic E-state index is 14.6. The summed E-state index contributed by atoms with van der Waals surface area (Å²) < 4.78 is 0. The SMILES string of the molecule is CC[C@H](C)[C@H](NC(=O)[C@H](CCCCN)NC(=O)[C@@H](NC(=O)[C@@H](NC(=O)[C@H](CCCN=C(N)N)NC(=O)[C@H](C)NC(=O)[C@H](CC(C)C)NC(=O)[C@@H](N)CCCN=C(N)N)[C@@H](C)CC)C(C)C)C(=O)N[C@@H](CCCN=C(N)N)C(=O)N[C@H](C(=O)N[C@@H](C)C(=O)N[C@@H](CCCN=C(N)N)C(N)=O)C(C)C. The number of aliphatic imine (C=N–C) groups is 4. The Labute approximate surface area is 599 Å². The smallest absolute Gasteiger partial charge is 0.243 e. The summed E-state index contributed by atoms with van der Waals surface area (Å²) in [4.78, 5) is 183. The summed E-state index contributed by atoms with van der Waals surface area (Å²) in [5.74, 6) is -12.5. The minimum atomic E-state index is -1.37. The third-order valence-electron chi connectivity index (χ3n) is 16.6. The van der Waals surface area contributed by atoms with Crippen LogP contribution in [0.2, 0.25) is 0 Å². The zero-order valence-electron chi connectivity index (χ0n) is 61.8. The molecular formula is C64H124N26O12. The summed E-state index contributed by atoms with van der Waals surface area (Å²) >= 11 is 0. The second-order valence-corrected chi connectivity index (χ2v) is 26.7. The Morgan fingerprint density at radius 1 is 0.314 bits per heavy atom. The molecule has 0 saturated carbocycles. The Morgan fingerprint density at radius 3 is 0.951 bits per heavy atom. The Balaban J connectivity index is 6.96. The quantitative estimate of drug-likeness (QED) is 0.0153. The van der Waals surface area contributed by atoms with Crippen molar-refractivity contribution in [3.63, 3.8) is 0 Å². The molecule has 0 unspecified atom stereocenters. The fraction of sp³-hybridized carbons (Fsp3) is 0.750. The molecule has 0 aromatic heterocycles. The molecule has 0 saturated heterocycles. The maximum atomic E-state index is 14.6. The monoisotopic (exact) mass is 1450 g/mol. The van der Waals surface area contributed by atoms with E-state index in [0.717, 1.165) is 0 Å². The number of nitrogens with one attached hydrogen (secondary N) is 11. The van der Waals surface area contributed by atoms with Crippen LogP contribution in [0.25, 0.3) is 0 Å². The fourth-order valence-electron chi connectivity index (χ4n) is 10.1. The van der Waals surface area contributed by atoms with E-state index in [1.807, 2.05) is 13.8 Å². The van der Waals surface area contributed by atoms with E-state index in [4.69, 9.17) is 63.1 Å². The number of guanidine groups is 4. The summed E-state index contributed by atoms with van der Waals surface area (Å²) in [7, 11) is 0. The van der Waals surface area contributed by atoms with E-state index >= 15 is 0 Å². The van der Waals surface area contributed by atoms with Gasteiger partial charge in [0.05, 0.1) is 6.04 Å². The van der Waals surface area contributed by atoms with Crippen molar-refractivity contribution in [3.05, 3.63) is 0 Å². The number of primary amides is 1. The number of carbonyl (C=O) groups excluding carboxylic acids is 12. The van der Waals surface area contributed by atoms with Crippen LogP contribution < -0.4 is 122 Å². The molecule has 0 aromatic carbocycles. The molecule has 0 rings (SSSR count). The van der Waals surface area contributed by atoms with Crippen LogP contribution in [-0.2, 0) is 57.5 Å². The van der Waals surface area contributed by atoms with Gasteiger partial charge < -0.3 is 122 Å². The van der Waals surface area contributed by atoms with Crippen molar-refractivity contribution in [3.8, 4) is 0 Å². The second-order valence-electron chi connectivity index (χ2n) is 26.7. The van der Waals surface area contributed by atoms with E-state index in [2.05, 4.69) is 78.5 Å². The summed E-state index contributed by atoms with van der Waals surface area (Å²) in [6, 6.07) is -15.0. The first-order chi connectivity index (χ1) is 47.7. The van der Waals surface area contributed by atoms with Crippen LogP contribution in [0.5, 0.6) is 0 Å². The highest BCUT2D eigenvalue weighted by molar-refractivity contribution is 5.99. The van der Waals surface area contributed by atoms with Crippen molar-refractivity contribution < 1.29 is 57.5 Å². The molecule has 0 radical (unpaired) electrons. The molecule has 0 spiro atoms. The molecule has 12 amide bonds. The van der Waals surface area contributed by atoms with Crippen molar-refractivity contribution in [2.75, 3.05) is 32.7 Å². The van der Waals surface area contributed by atoms with Gasteiger partial charge in [0.15, 0.2) is 23.8 Å². The van der Waals surface area contributed by atoms with E-state index in [1.165, 1.54) is 13.8 Å². The van der Waals surface area contributed by atoms with Gasteiger partial charge in [0, 0.05) is 26.2 Å². The molecule has 0 heterocycles. The van der Waals surface area contributed by atoms with E-state index < -0.39 is 167 Å². The van der Waals surface area contributed by atoms with Crippen molar-refractivity contribution in [1.82, 2.24) is 58.5 Å². The van der Waals surface area contributed by atoms with Crippen LogP contribution in [0, 0.1) is 29.6 Å². The molecular weight excluding hydrogens is 1320 g/mol. The third-order valence-corrected chi connectivity index (χ3v) is 16.6. The molecule has 0 aromatic rings. The van der Waals surface area contributed by atoms with Crippen LogP contribution in [0.3, 0.4) is 0 Å². The largest absolute Gasteiger partial charge is 0.370 e. The first-order valence-electron chi connectivity index (χ1n) is 35.0. The van der Waals surface area contributed by atoms with Crippen LogP contribution in [0.1, 0.15) is 173 Å². The molecule has 14 atom stereocenters. The first-order valence-corrected chi connectivity index (χ1v) is 35.0. The minimum absolute atomic E-state index is 0.0150. The molecule has 582 valence electrons. The fourth-order valence-corrected chi connectivity index (χ4v) is 10.1. The highest BCUT2D eigenvalue weighted by Crippen LogP contribution is 2.16. The predicted octanol–water partition coefficient (Wildman–Crippen LogP) is -6.03. The number of carbonyl (C=O) groups is 12. The molecule has 0 aliphatic heterocycles. The highest BCUT2D eigenvalue weighted by atomic mass is 16.2. The first kappa shape index (κ1) is 92.6. The van der Waals surface area contributed by atoms with Gasteiger partial charge in [-0.15, -0.1) is 0 Å². The summed E-state index contributed by atoms with van der Waals surface area (Å²) in [5.41, 5.74) is 61.3. The molecule has 0 fully saturated rings. The van der Waals surface area contributed by atoms with Crippen molar-refractivity contribution in [2.45, 2.75) is 245 Å². The minimum Gasteiger partial charge on any atom is -0.370 e. The number of nitrogens with zero attached hydrogens (tertiary/aromatic N) is 4. The van der Waals surface area contributed by atoms with Crippen molar-refractivity contribution in [1.29, 1.82) is 0 Å². The van der Waals surface area contributed by atoms with Crippen LogP contribution in [0.15, 0.2) is 20.0 Å². The Hall–Kier alpha value is -9.36. The van der Waals surface area contributed by atoms with Gasteiger partial charge in [0.1, 0.15) is 66.5 Å². The van der Waals surface area contributed by atoms with Crippen LogP contribution >= 0.6 is 0 Å². The van der Waals surface area contributed by atoms with E-state index in [9.17, 15) is 57.5 Å². The van der Waals surface area contributed by atoms with Crippen LogP contribution in [0.4, 0.5) is 0 Å². The van der Waals surface area contributed by atoms with Gasteiger partial charge >= 0.3 is 0 Å². The van der Waals surface area contributed by atoms with Gasteiger partial charge in [-0.25, -0.2) is 0 Å². The second kappa shape index (κ2) is 49.3. The molecule has 0 aliphatic rings. The Kier molecular flexibility index (Phi) is 44.7. The van der Waals surface area contributed by atoms with Gasteiger partial charge in [-0.3, -0.25) is 77.5 Å². The molecule has 38 heteroatoms. The maximum Gasteiger partial charge on any atom is 0.243 e. The number of amides is 12. The number of hydrogen-bond acceptors (Lipinski definition) is 18. The molecule has 33 N–H and O–H groups in total. The highest BCUT2D eigenvalue weighted by Gasteiger charge is 2.39. The Morgan fingerprint density at radius 2 is 0.598 bits per heavy atom. The number of rotatable bonds is 51. The van der Waals surface area contributed by atoms with Gasteiger partial charge in [-0.05, 0) is 127 Å². The summed E-state index contributed by atoms with van der Waals surface area (Å²) in [6.07, 6.45) is 2.73. The van der Waals surface area contributed by atoms with Crippen LogP contribution in [-0.4, -0.2) is 200 Å². The zero-order valence-corrected chi connectivity index (χ0v) is 61.8. The third kappa shape index (κ3) is 37.4. The lowest BCUT2D eigenvalue weighted by atomic mass is 9.95. The standard InChI is InChI=1S/C64H124N26O12/c1-13-35(9)47(59(101)85-43(25-20-30-79-64(74)75)53(95)87-45(33(5)6)57(99)81-38(12)50(92)82-40(49(67)91)23-18-28-77-62(70)71)89-54(96)41(22-15-16-26-65)84-58(100)46(34(7)8)88-60(102)48(36(10)14-2)90-55(97)42(24-19-29-78-63(72)73)83-51(93)37(11)80-56(98)44(31-32(3)4)86-52(94)39(66)21-17-27-76-61(68)69/h32-48H,13-31,65-66H2,1-12H3,(H2,67,91)(H,80,98)(H,81,99)(H,82,92)(H,83,93)(H,84,100)(H,85,101)(H,86,94)(H,87,95)(H,88,102)(H,89,96)(H,90,97)(H4,68,69,76)(H4,70,71,77)(H4,72,73,78)(H4,74,75,79)/t35-,36-,37-,38-,39-,40-,41-,42-,43-,44-,45-,46-,47-,48-/m0/s1. The lowest BCUT2D eigenvalue weighted by Gasteiger charge is -2.31. The zero-order chi connectivity index (χ0) is 78.1. The average Bonchev–Trinajstić information content (AvgIpc) is 0.850. The lowest BCUT2D eigenvalue weighted by molar-refractivity contribution is -0.137. The normalized spacial score (nSPS) is 15.3. The lowest BCUT2D eigenvalue weighted by Crippen LogP contribution is -2.62. The molecule has 38 nitrogen and oxygen atoms in total. The predicted molar refractivity (Wildman–Crippen MR) is 390 cm³/mol. The molecule has 102 heavy (non-hydrogen) atoms. The average molecular weight is 1450 g/mol. The summed E-state index contributed by atoms with van der Waals surface area (Å²) in [5, 5.41) is 29.5. The van der Waals surface area contributed by atoms with Crippen molar-refractivity contribution >= 4 is 94.7 Å². The van der Waals surface area contributed by atoms with Gasteiger partial charge in [-0.2, -0.15) is 0 Å². The van der Waals surface area contributed by atoms with E-state index in [0.29, 0.717) is 32.1 Å². The van der Waals surface area contributed by atoms with Gasteiger partial charge in [-0.1, -0.05) is 82.1 Å². The topological polar surface area (TPSA) is 673 Å².